The molecule has 0 aliphatic rings. The molecule has 0 saturated heterocycles. The van der Waals surface area contributed by atoms with E-state index >= 15 is 0 Å². The van der Waals surface area contributed by atoms with E-state index in [1.54, 1.807) is 7.11 Å². The normalized spacial score (nSPS) is 10.7. The van der Waals surface area contributed by atoms with Gasteiger partial charge in [-0.2, -0.15) is 0 Å². The number of nitrogens with one attached hydrogen (secondary N) is 1. The maximum atomic E-state index is 5.11. The molecule has 1 aromatic rings. The minimum atomic E-state index is 0.803. The predicted octanol–water partition coefficient (Wildman–Crippen LogP) is 2.36. The van der Waals surface area contributed by atoms with Gasteiger partial charge < -0.3 is 15.0 Å². The van der Waals surface area contributed by atoms with Crippen LogP contribution in [0.2, 0.25) is 0 Å². The molecule has 0 fully saturated rings. The van der Waals surface area contributed by atoms with Gasteiger partial charge in [0.25, 0.3) is 0 Å². The second-order valence-electron chi connectivity index (χ2n) is 4.90. The Balaban J connectivity index is 2.69. The zero-order valence-electron chi connectivity index (χ0n) is 12.7. The van der Waals surface area contributed by atoms with Crippen LogP contribution in [0.3, 0.4) is 0 Å². The third kappa shape index (κ3) is 5.57. The quantitative estimate of drug-likeness (QED) is 0.696. The lowest BCUT2D eigenvalue weighted by Gasteiger charge is -2.23. The maximum absolute atomic E-state index is 5.11. The molecule has 1 N–H and O–H groups in total. The lowest BCUT2D eigenvalue weighted by molar-refractivity contribution is 0.196. The van der Waals surface area contributed by atoms with Crippen molar-refractivity contribution in [3.8, 4) is 0 Å². The monoisotopic (exact) mass is 265 g/mol. The van der Waals surface area contributed by atoms with E-state index in [0.717, 1.165) is 44.8 Å². The van der Waals surface area contributed by atoms with Crippen molar-refractivity contribution in [3.05, 3.63) is 23.5 Å². The van der Waals surface area contributed by atoms with Crippen LogP contribution in [0, 0.1) is 6.92 Å². The summed E-state index contributed by atoms with van der Waals surface area (Å²) >= 11 is 0. The third-order valence-corrected chi connectivity index (χ3v) is 3.09. The number of hydrogen-bond acceptors (Lipinski definition) is 4. The molecule has 1 rings (SSSR count). The first-order valence-corrected chi connectivity index (χ1v) is 7.05. The summed E-state index contributed by atoms with van der Waals surface area (Å²) in [5.74, 6) is 0. The number of aromatic nitrogens is 1. The van der Waals surface area contributed by atoms with Gasteiger partial charge in [0.15, 0.2) is 0 Å². The standard InChI is InChI=1S/C15H27N3O/c1-5-7-16-11-14-12-17-13(2)10-15(14)18(3)8-6-9-19-4/h10,12,16H,5-9,11H2,1-4H3. The molecule has 0 saturated carbocycles. The van der Waals surface area contributed by atoms with E-state index in [9.17, 15) is 0 Å². The lowest BCUT2D eigenvalue weighted by atomic mass is 10.2. The van der Waals surface area contributed by atoms with Crippen LogP contribution in [0.4, 0.5) is 5.69 Å². The Labute approximate surface area is 117 Å². The molecule has 1 heterocycles. The number of nitrogens with zero attached hydrogens (tertiary/aromatic N) is 2. The molecule has 108 valence electrons. The van der Waals surface area contributed by atoms with E-state index in [-0.39, 0.29) is 0 Å². The van der Waals surface area contributed by atoms with Crippen molar-refractivity contribution < 1.29 is 4.74 Å². The number of pyridine rings is 1. The number of aryl methyl sites for hydroxylation is 1. The largest absolute Gasteiger partial charge is 0.385 e. The van der Waals surface area contributed by atoms with Crippen molar-refractivity contribution in [1.82, 2.24) is 10.3 Å². The molecule has 0 bridgehead atoms. The van der Waals surface area contributed by atoms with Crippen molar-refractivity contribution in [2.75, 3.05) is 38.8 Å². The molecule has 4 heteroatoms. The highest BCUT2D eigenvalue weighted by atomic mass is 16.5. The van der Waals surface area contributed by atoms with Crippen LogP contribution in [0.25, 0.3) is 0 Å². The Morgan fingerprint density at radius 3 is 2.89 bits per heavy atom. The average molecular weight is 265 g/mol. The van der Waals surface area contributed by atoms with E-state index in [0.29, 0.717) is 0 Å². The highest BCUT2D eigenvalue weighted by molar-refractivity contribution is 5.53. The third-order valence-electron chi connectivity index (χ3n) is 3.09. The highest BCUT2D eigenvalue weighted by Gasteiger charge is 2.08. The molecular formula is C15H27N3O. The van der Waals surface area contributed by atoms with Crippen molar-refractivity contribution in [2.45, 2.75) is 33.2 Å². The molecule has 0 atom stereocenters. The molecule has 0 aliphatic heterocycles. The fourth-order valence-corrected chi connectivity index (χ4v) is 2.03. The fraction of sp³-hybridized carbons (Fsp3) is 0.667. The lowest BCUT2D eigenvalue weighted by Crippen LogP contribution is -2.23. The minimum Gasteiger partial charge on any atom is -0.385 e. The highest BCUT2D eigenvalue weighted by Crippen LogP contribution is 2.20. The van der Waals surface area contributed by atoms with Gasteiger partial charge in [0.05, 0.1) is 0 Å². The number of methoxy groups -OCH3 is 1. The topological polar surface area (TPSA) is 37.4 Å². The molecule has 0 spiro atoms. The summed E-state index contributed by atoms with van der Waals surface area (Å²) in [6.45, 7) is 7.94. The molecule has 0 unspecified atom stereocenters. The summed E-state index contributed by atoms with van der Waals surface area (Å²) in [7, 11) is 3.88. The molecule has 0 aromatic carbocycles. The van der Waals surface area contributed by atoms with Crippen LogP contribution >= 0.6 is 0 Å². The number of ether oxygens (including phenoxy) is 1. The maximum Gasteiger partial charge on any atom is 0.0479 e. The van der Waals surface area contributed by atoms with E-state index < -0.39 is 0 Å². The average Bonchev–Trinajstić information content (AvgIpc) is 2.40. The minimum absolute atomic E-state index is 0.803. The Bertz CT molecular complexity index is 368. The van der Waals surface area contributed by atoms with E-state index in [1.807, 2.05) is 13.1 Å². The second-order valence-corrected chi connectivity index (χ2v) is 4.90. The first-order valence-electron chi connectivity index (χ1n) is 7.05. The molecular weight excluding hydrogens is 238 g/mol. The zero-order valence-corrected chi connectivity index (χ0v) is 12.7. The summed E-state index contributed by atoms with van der Waals surface area (Å²) in [4.78, 5) is 6.69. The summed E-state index contributed by atoms with van der Waals surface area (Å²) in [5.41, 5.74) is 3.60. The van der Waals surface area contributed by atoms with Crippen LogP contribution in [-0.4, -0.2) is 38.8 Å². The van der Waals surface area contributed by atoms with Gasteiger partial charge in [-0.1, -0.05) is 6.92 Å². The summed E-state index contributed by atoms with van der Waals surface area (Å²) in [6, 6.07) is 2.16. The van der Waals surface area contributed by atoms with Crippen LogP contribution in [0.5, 0.6) is 0 Å². The smallest absolute Gasteiger partial charge is 0.0479 e. The van der Waals surface area contributed by atoms with E-state index in [1.165, 1.54) is 11.3 Å². The SMILES string of the molecule is CCCNCc1cnc(C)cc1N(C)CCCOC. The van der Waals surface area contributed by atoms with Crippen molar-refractivity contribution in [2.24, 2.45) is 0 Å². The van der Waals surface area contributed by atoms with Crippen molar-refractivity contribution >= 4 is 5.69 Å². The van der Waals surface area contributed by atoms with Gasteiger partial charge in [-0.15, -0.1) is 0 Å². The Morgan fingerprint density at radius 1 is 1.42 bits per heavy atom. The van der Waals surface area contributed by atoms with Crippen LogP contribution in [0.15, 0.2) is 12.3 Å². The van der Waals surface area contributed by atoms with Gasteiger partial charge in [-0.3, -0.25) is 4.98 Å². The number of rotatable bonds is 9. The van der Waals surface area contributed by atoms with Crippen LogP contribution < -0.4 is 10.2 Å². The molecule has 4 nitrogen and oxygen atoms in total. The van der Waals surface area contributed by atoms with Gasteiger partial charge in [0, 0.05) is 57.0 Å². The number of hydrogen-bond donors (Lipinski definition) is 1. The fourth-order valence-electron chi connectivity index (χ4n) is 2.03. The van der Waals surface area contributed by atoms with Gasteiger partial charge in [0.2, 0.25) is 0 Å². The van der Waals surface area contributed by atoms with Gasteiger partial charge >= 0.3 is 0 Å². The molecule has 0 aliphatic carbocycles. The van der Waals surface area contributed by atoms with E-state index in [2.05, 4.69) is 35.2 Å². The summed E-state index contributed by atoms with van der Waals surface area (Å²) in [6.07, 6.45) is 4.18. The van der Waals surface area contributed by atoms with Gasteiger partial charge in [-0.25, -0.2) is 0 Å². The molecule has 1 aromatic heterocycles. The van der Waals surface area contributed by atoms with Crippen LogP contribution in [-0.2, 0) is 11.3 Å². The van der Waals surface area contributed by atoms with Crippen LogP contribution in [0.1, 0.15) is 31.0 Å². The van der Waals surface area contributed by atoms with Crippen molar-refractivity contribution in [1.29, 1.82) is 0 Å². The van der Waals surface area contributed by atoms with Gasteiger partial charge in [0.1, 0.15) is 0 Å². The Kier molecular flexibility index (Phi) is 7.45. The summed E-state index contributed by atoms with van der Waals surface area (Å²) in [5, 5.41) is 3.44. The first-order chi connectivity index (χ1) is 9.19. The first kappa shape index (κ1) is 15.9. The predicted molar refractivity (Wildman–Crippen MR) is 80.7 cm³/mol. The Hall–Kier alpha value is -1.13. The van der Waals surface area contributed by atoms with Crippen molar-refractivity contribution in [3.63, 3.8) is 0 Å². The van der Waals surface area contributed by atoms with E-state index in [4.69, 9.17) is 4.74 Å². The Morgan fingerprint density at radius 2 is 2.21 bits per heavy atom. The number of anilines is 1. The molecule has 19 heavy (non-hydrogen) atoms. The molecule has 0 amide bonds. The second kappa shape index (κ2) is 8.88. The van der Waals surface area contributed by atoms with Gasteiger partial charge in [-0.05, 0) is 32.4 Å². The zero-order chi connectivity index (χ0) is 14.1. The summed E-state index contributed by atoms with van der Waals surface area (Å²) < 4.78 is 5.11. The molecule has 0 radical (unpaired) electrons.